The van der Waals surface area contributed by atoms with Crippen LogP contribution in [-0.4, -0.2) is 28.4 Å². The van der Waals surface area contributed by atoms with E-state index in [0.29, 0.717) is 5.75 Å². The van der Waals surface area contributed by atoms with Crippen molar-refractivity contribution in [2.45, 2.75) is 25.9 Å². The maximum atomic E-state index is 10.6. The fourth-order valence-corrected chi connectivity index (χ4v) is 1.11. The van der Waals surface area contributed by atoms with Gasteiger partial charge in [0.1, 0.15) is 12.4 Å². The van der Waals surface area contributed by atoms with Crippen molar-refractivity contribution in [2.24, 2.45) is 0 Å². The third-order valence-electron chi connectivity index (χ3n) is 2.31. The van der Waals surface area contributed by atoms with E-state index in [-0.39, 0.29) is 6.61 Å². The number of benzene rings is 1. The van der Waals surface area contributed by atoms with Crippen LogP contribution in [0.15, 0.2) is 24.3 Å². The monoisotopic (exact) mass is 224 g/mol. The molecule has 0 aliphatic rings. The second-order valence-corrected chi connectivity index (χ2v) is 3.87. The Bertz CT molecular complexity index is 354. The molecule has 2 N–H and O–H groups in total. The second kappa shape index (κ2) is 4.99. The van der Waals surface area contributed by atoms with Crippen molar-refractivity contribution in [3.63, 3.8) is 0 Å². The Labute approximate surface area is 94.5 Å². The van der Waals surface area contributed by atoms with Crippen LogP contribution in [0.25, 0.3) is 0 Å². The number of carboxylic acids is 1. The molecule has 0 aromatic heterocycles. The lowest BCUT2D eigenvalue weighted by atomic mass is 10.1. The molecule has 0 bridgehead atoms. The number of hydrogen-bond acceptors (Lipinski definition) is 3. The Morgan fingerprint density at radius 1 is 1.38 bits per heavy atom. The summed E-state index contributed by atoms with van der Waals surface area (Å²) < 4.78 is 5.20. The molecular formula is C12H16O4. The SMILES string of the molecule is CCc1ccc(OCC(C)(O)C(=O)O)cc1. The predicted molar refractivity (Wildman–Crippen MR) is 59.6 cm³/mol. The number of aryl methyl sites for hydroxylation is 1. The fraction of sp³-hybridized carbons (Fsp3) is 0.417. The van der Waals surface area contributed by atoms with Crippen LogP contribution in [0.1, 0.15) is 19.4 Å². The first-order valence-electron chi connectivity index (χ1n) is 5.13. The average Bonchev–Trinajstić information content (AvgIpc) is 2.27. The van der Waals surface area contributed by atoms with Crippen LogP contribution in [0.5, 0.6) is 5.75 Å². The zero-order valence-electron chi connectivity index (χ0n) is 9.43. The van der Waals surface area contributed by atoms with Gasteiger partial charge in [-0.15, -0.1) is 0 Å². The molecule has 1 aromatic rings. The van der Waals surface area contributed by atoms with Crippen LogP contribution in [0.4, 0.5) is 0 Å². The number of aliphatic carboxylic acids is 1. The molecular weight excluding hydrogens is 208 g/mol. The first-order chi connectivity index (χ1) is 7.45. The van der Waals surface area contributed by atoms with Crippen LogP contribution in [0, 0.1) is 0 Å². The zero-order chi connectivity index (χ0) is 12.2. The Balaban J connectivity index is 2.58. The number of carbonyl (C=O) groups is 1. The van der Waals surface area contributed by atoms with Crippen molar-refractivity contribution in [2.75, 3.05) is 6.61 Å². The van der Waals surface area contributed by atoms with Crippen molar-refractivity contribution in [1.82, 2.24) is 0 Å². The molecule has 4 heteroatoms. The van der Waals surface area contributed by atoms with Gasteiger partial charge >= 0.3 is 5.97 Å². The Hall–Kier alpha value is -1.55. The first-order valence-corrected chi connectivity index (χ1v) is 5.13. The molecule has 16 heavy (non-hydrogen) atoms. The van der Waals surface area contributed by atoms with Gasteiger partial charge in [0.25, 0.3) is 0 Å². The number of rotatable bonds is 5. The Morgan fingerprint density at radius 3 is 2.38 bits per heavy atom. The molecule has 0 fully saturated rings. The Kier molecular flexibility index (Phi) is 3.90. The summed E-state index contributed by atoms with van der Waals surface area (Å²) in [4.78, 5) is 10.6. The van der Waals surface area contributed by atoms with Gasteiger partial charge in [-0.1, -0.05) is 19.1 Å². The van der Waals surface area contributed by atoms with E-state index in [1.54, 1.807) is 12.1 Å². The smallest absolute Gasteiger partial charge is 0.339 e. The van der Waals surface area contributed by atoms with E-state index in [1.807, 2.05) is 19.1 Å². The van der Waals surface area contributed by atoms with Crippen molar-refractivity contribution in [1.29, 1.82) is 0 Å². The van der Waals surface area contributed by atoms with Crippen molar-refractivity contribution >= 4 is 5.97 Å². The Morgan fingerprint density at radius 2 is 1.94 bits per heavy atom. The van der Waals surface area contributed by atoms with E-state index in [9.17, 15) is 9.90 Å². The first kappa shape index (κ1) is 12.5. The molecule has 0 radical (unpaired) electrons. The number of carboxylic acid groups (broad SMARTS) is 1. The van der Waals surface area contributed by atoms with Gasteiger partial charge in [0.15, 0.2) is 5.60 Å². The molecule has 1 unspecified atom stereocenters. The summed E-state index contributed by atoms with van der Waals surface area (Å²) in [7, 11) is 0. The van der Waals surface area contributed by atoms with Crippen molar-refractivity contribution < 1.29 is 19.7 Å². The third kappa shape index (κ3) is 3.24. The van der Waals surface area contributed by atoms with E-state index in [0.717, 1.165) is 6.42 Å². The van der Waals surface area contributed by atoms with Gasteiger partial charge in [0.2, 0.25) is 0 Å². The lowest BCUT2D eigenvalue weighted by molar-refractivity contribution is -0.159. The summed E-state index contributed by atoms with van der Waals surface area (Å²) in [6.07, 6.45) is 0.938. The van der Waals surface area contributed by atoms with E-state index >= 15 is 0 Å². The lowest BCUT2D eigenvalue weighted by Gasteiger charge is -2.18. The summed E-state index contributed by atoms with van der Waals surface area (Å²) in [6.45, 7) is 2.98. The maximum Gasteiger partial charge on any atom is 0.339 e. The largest absolute Gasteiger partial charge is 0.490 e. The highest BCUT2D eigenvalue weighted by atomic mass is 16.5. The number of hydrogen-bond donors (Lipinski definition) is 2. The standard InChI is InChI=1S/C12H16O4/c1-3-9-4-6-10(7-5-9)16-8-12(2,15)11(13)14/h4-7,15H,3,8H2,1-2H3,(H,13,14). The maximum absolute atomic E-state index is 10.6. The highest BCUT2D eigenvalue weighted by molar-refractivity contribution is 5.76. The van der Waals surface area contributed by atoms with Crippen LogP contribution in [0.2, 0.25) is 0 Å². The summed E-state index contributed by atoms with van der Waals surface area (Å²) in [5.74, 6) is -0.739. The van der Waals surface area contributed by atoms with E-state index in [2.05, 4.69) is 0 Å². The zero-order valence-corrected chi connectivity index (χ0v) is 9.43. The summed E-state index contributed by atoms with van der Waals surface area (Å²) in [5, 5.41) is 18.1. The third-order valence-corrected chi connectivity index (χ3v) is 2.31. The summed E-state index contributed by atoms with van der Waals surface area (Å²) >= 11 is 0. The molecule has 1 atom stereocenters. The lowest BCUT2D eigenvalue weighted by Crippen LogP contribution is -2.41. The molecule has 0 saturated heterocycles. The van der Waals surface area contributed by atoms with Gasteiger partial charge < -0.3 is 14.9 Å². The van der Waals surface area contributed by atoms with Gasteiger partial charge in [-0.05, 0) is 31.0 Å². The van der Waals surface area contributed by atoms with Crippen molar-refractivity contribution in [3.05, 3.63) is 29.8 Å². The molecule has 0 amide bonds. The minimum atomic E-state index is -1.86. The van der Waals surface area contributed by atoms with Crippen LogP contribution in [-0.2, 0) is 11.2 Å². The summed E-state index contributed by atoms with van der Waals surface area (Å²) in [5.41, 5.74) is -0.680. The topological polar surface area (TPSA) is 66.8 Å². The minimum absolute atomic E-state index is 0.270. The van der Waals surface area contributed by atoms with Crippen molar-refractivity contribution in [3.8, 4) is 5.75 Å². The van der Waals surface area contributed by atoms with E-state index < -0.39 is 11.6 Å². The average molecular weight is 224 g/mol. The van der Waals surface area contributed by atoms with Gasteiger partial charge in [-0.2, -0.15) is 0 Å². The predicted octanol–water partition coefficient (Wildman–Crippen LogP) is 1.46. The van der Waals surface area contributed by atoms with Gasteiger partial charge in [0.05, 0.1) is 0 Å². The molecule has 0 saturated carbocycles. The van der Waals surface area contributed by atoms with Gasteiger partial charge in [0, 0.05) is 0 Å². The molecule has 4 nitrogen and oxygen atoms in total. The number of ether oxygens (including phenoxy) is 1. The van der Waals surface area contributed by atoms with Gasteiger partial charge in [-0.3, -0.25) is 0 Å². The highest BCUT2D eigenvalue weighted by Crippen LogP contribution is 2.14. The quantitative estimate of drug-likeness (QED) is 0.794. The van der Waals surface area contributed by atoms with E-state index in [1.165, 1.54) is 12.5 Å². The second-order valence-electron chi connectivity index (χ2n) is 3.87. The van der Waals surface area contributed by atoms with Gasteiger partial charge in [-0.25, -0.2) is 4.79 Å². The molecule has 0 heterocycles. The highest BCUT2D eigenvalue weighted by Gasteiger charge is 2.30. The van der Waals surface area contributed by atoms with E-state index in [4.69, 9.17) is 9.84 Å². The normalized spacial score (nSPS) is 14.2. The molecule has 1 aromatic carbocycles. The molecule has 88 valence electrons. The molecule has 0 aliphatic carbocycles. The molecule has 1 rings (SSSR count). The fourth-order valence-electron chi connectivity index (χ4n) is 1.11. The summed E-state index contributed by atoms with van der Waals surface area (Å²) in [6, 6.07) is 7.34. The minimum Gasteiger partial charge on any atom is -0.490 e. The van der Waals surface area contributed by atoms with Crippen LogP contribution in [0.3, 0.4) is 0 Å². The number of aliphatic hydroxyl groups is 1. The molecule has 0 aliphatic heterocycles. The van der Waals surface area contributed by atoms with Crippen LogP contribution >= 0.6 is 0 Å². The van der Waals surface area contributed by atoms with Crippen LogP contribution < -0.4 is 4.74 Å². The molecule has 0 spiro atoms.